The van der Waals surface area contributed by atoms with Gasteiger partial charge in [0.2, 0.25) is 5.91 Å². The Morgan fingerprint density at radius 2 is 2.38 bits per heavy atom. The zero-order valence-electron chi connectivity index (χ0n) is 12.5. The minimum absolute atomic E-state index is 0.00131. The van der Waals surface area contributed by atoms with Crippen LogP contribution in [0.2, 0.25) is 0 Å². The predicted octanol–water partition coefficient (Wildman–Crippen LogP) is 1.81. The monoisotopic (exact) mass is 310 g/mol. The lowest BCUT2D eigenvalue weighted by atomic mass is 9.98. The molecule has 1 fully saturated rings. The van der Waals surface area contributed by atoms with Crippen LogP contribution in [0.3, 0.4) is 0 Å². The number of piperidine rings is 1. The molecule has 1 aliphatic heterocycles. The molecule has 5 nitrogen and oxygen atoms in total. The number of carbonyl (C=O) groups is 2. The van der Waals surface area contributed by atoms with Crippen LogP contribution in [0.15, 0.2) is 17.5 Å². The molecule has 6 heteroatoms. The van der Waals surface area contributed by atoms with Gasteiger partial charge in [-0.3, -0.25) is 14.5 Å². The summed E-state index contributed by atoms with van der Waals surface area (Å²) in [6.07, 6.45) is 1.77. The Hall–Kier alpha value is -1.40. The zero-order chi connectivity index (χ0) is 15.2. The van der Waals surface area contributed by atoms with Crippen molar-refractivity contribution < 1.29 is 14.3 Å². The topological polar surface area (TPSA) is 58.6 Å². The summed E-state index contributed by atoms with van der Waals surface area (Å²) >= 11 is 1.64. The van der Waals surface area contributed by atoms with Crippen molar-refractivity contribution in [3.8, 4) is 0 Å². The van der Waals surface area contributed by atoms with Gasteiger partial charge in [0.1, 0.15) is 0 Å². The molecule has 1 N–H and O–H groups in total. The molecule has 1 aliphatic rings. The second-order valence-electron chi connectivity index (χ2n) is 5.40. The Morgan fingerprint density at radius 3 is 3.05 bits per heavy atom. The molecule has 1 amide bonds. The summed E-state index contributed by atoms with van der Waals surface area (Å²) in [5.74, 6) is -0.278. The number of esters is 1. The molecule has 2 atom stereocenters. The van der Waals surface area contributed by atoms with Gasteiger partial charge in [0, 0.05) is 11.4 Å². The van der Waals surface area contributed by atoms with Crippen LogP contribution >= 0.6 is 11.3 Å². The first kappa shape index (κ1) is 16.0. The van der Waals surface area contributed by atoms with Crippen LogP contribution in [0.5, 0.6) is 0 Å². The summed E-state index contributed by atoms with van der Waals surface area (Å²) in [6, 6.07) is 4.02. The average molecular weight is 310 g/mol. The van der Waals surface area contributed by atoms with Crippen molar-refractivity contribution in [2.24, 2.45) is 5.92 Å². The van der Waals surface area contributed by atoms with Gasteiger partial charge >= 0.3 is 5.97 Å². The lowest BCUT2D eigenvalue weighted by molar-refractivity contribution is -0.147. The predicted molar refractivity (Wildman–Crippen MR) is 82.1 cm³/mol. The SMILES string of the molecule is COC(=O)[C@H]1CCCN(CC(=O)NC(C)c2cccs2)C1. The maximum atomic E-state index is 12.1. The van der Waals surface area contributed by atoms with E-state index in [1.807, 2.05) is 29.3 Å². The fourth-order valence-corrected chi connectivity index (χ4v) is 3.39. The summed E-state index contributed by atoms with van der Waals surface area (Å²) < 4.78 is 4.79. The lowest BCUT2D eigenvalue weighted by Gasteiger charge is -2.30. The number of likely N-dealkylation sites (tertiary alicyclic amines) is 1. The molecule has 2 rings (SSSR count). The normalized spacial score (nSPS) is 20.8. The van der Waals surface area contributed by atoms with Crippen molar-refractivity contribution in [1.82, 2.24) is 10.2 Å². The number of rotatable bonds is 5. The number of nitrogens with zero attached hydrogens (tertiary/aromatic N) is 1. The van der Waals surface area contributed by atoms with Gasteiger partial charge in [-0.15, -0.1) is 11.3 Å². The Kier molecular flexibility index (Phi) is 5.76. The summed E-state index contributed by atoms with van der Waals surface area (Å²) in [7, 11) is 1.41. The highest BCUT2D eigenvalue weighted by molar-refractivity contribution is 7.10. The standard InChI is InChI=1S/C15H22N2O3S/c1-11(13-6-4-8-21-13)16-14(18)10-17-7-3-5-12(9-17)15(19)20-2/h4,6,8,11-12H,3,5,7,9-10H2,1-2H3,(H,16,18)/t11?,12-/m0/s1. The first-order valence-electron chi connectivity index (χ1n) is 7.23. The van der Waals surface area contributed by atoms with Gasteiger partial charge in [-0.2, -0.15) is 0 Å². The van der Waals surface area contributed by atoms with E-state index in [9.17, 15) is 9.59 Å². The van der Waals surface area contributed by atoms with Gasteiger partial charge in [0.05, 0.1) is 25.6 Å². The largest absolute Gasteiger partial charge is 0.469 e. The molecular weight excluding hydrogens is 288 g/mol. The third-order valence-corrected chi connectivity index (χ3v) is 4.81. The van der Waals surface area contributed by atoms with Gasteiger partial charge in [-0.05, 0) is 37.8 Å². The first-order valence-corrected chi connectivity index (χ1v) is 8.11. The second-order valence-corrected chi connectivity index (χ2v) is 6.38. The van der Waals surface area contributed by atoms with E-state index in [1.54, 1.807) is 11.3 Å². The van der Waals surface area contributed by atoms with Crippen molar-refractivity contribution in [3.05, 3.63) is 22.4 Å². The smallest absolute Gasteiger partial charge is 0.309 e. The van der Waals surface area contributed by atoms with Crippen LogP contribution in [0, 0.1) is 5.92 Å². The van der Waals surface area contributed by atoms with E-state index in [2.05, 4.69) is 5.32 Å². The fourth-order valence-electron chi connectivity index (χ4n) is 2.66. The summed E-state index contributed by atoms with van der Waals surface area (Å²) in [6.45, 7) is 3.78. The number of hydrogen-bond acceptors (Lipinski definition) is 5. The lowest BCUT2D eigenvalue weighted by Crippen LogP contribution is -2.44. The average Bonchev–Trinajstić information content (AvgIpc) is 3.00. The third-order valence-electron chi connectivity index (χ3n) is 3.75. The minimum Gasteiger partial charge on any atom is -0.469 e. The van der Waals surface area contributed by atoms with E-state index in [0.29, 0.717) is 13.1 Å². The highest BCUT2D eigenvalue weighted by Gasteiger charge is 2.27. The van der Waals surface area contributed by atoms with Crippen LogP contribution in [0.1, 0.15) is 30.7 Å². The molecule has 1 aromatic heterocycles. The van der Waals surface area contributed by atoms with Crippen molar-refractivity contribution in [2.75, 3.05) is 26.7 Å². The Morgan fingerprint density at radius 1 is 1.57 bits per heavy atom. The van der Waals surface area contributed by atoms with Gasteiger partial charge in [-0.1, -0.05) is 6.07 Å². The van der Waals surface area contributed by atoms with Gasteiger partial charge in [-0.25, -0.2) is 0 Å². The van der Waals surface area contributed by atoms with Crippen LogP contribution < -0.4 is 5.32 Å². The Balaban J connectivity index is 1.80. The molecule has 0 aromatic carbocycles. The molecule has 0 aliphatic carbocycles. The Labute approximate surface area is 129 Å². The molecule has 21 heavy (non-hydrogen) atoms. The number of thiophene rings is 1. The van der Waals surface area contributed by atoms with Crippen molar-refractivity contribution in [2.45, 2.75) is 25.8 Å². The van der Waals surface area contributed by atoms with Crippen molar-refractivity contribution in [1.29, 1.82) is 0 Å². The van der Waals surface area contributed by atoms with Gasteiger partial charge in [0.15, 0.2) is 0 Å². The van der Waals surface area contributed by atoms with Gasteiger partial charge < -0.3 is 10.1 Å². The Bertz CT molecular complexity index is 475. The zero-order valence-corrected chi connectivity index (χ0v) is 13.3. The summed E-state index contributed by atoms with van der Waals surface area (Å²) in [4.78, 5) is 26.9. The molecule has 0 saturated carbocycles. The maximum absolute atomic E-state index is 12.1. The van der Waals surface area contributed by atoms with Crippen LogP contribution in [0.4, 0.5) is 0 Å². The maximum Gasteiger partial charge on any atom is 0.309 e. The first-order chi connectivity index (χ1) is 10.1. The van der Waals surface area contributed by atoms with Crippen molar-refractivity contribution >= 4 is 23.2 Å². The number of carbonyl (C=O) groups excluding carboxylic acids is 2. The van der Waals surface area contributed by atoms with Crippen LogP contribution in [0.25, 0.3) is 0 Å². The molecule has 0 radical (unpaired) electrons. The van der Waals surface area contributed by atoms with E-state index in [-0.39, 0.29) is 23.8 Å². The van der Waals surface area contributed by atoms with Crippen LogP contribution in [-0.2, 0) is 14.3 Å². The number of hydrogen-bond donors (Lipinski definition) is 1. The van der Waals surface area contributed by atoms with Gasteiger partial charge in [0.25, 0.3) is 0 Å². The molecular formula is C15H22N2O3S. The van der Waals surface area contributed by atoms with E-state index in [1.165, 1.54) is 7.11 Å². The van der Waals surface area contributed by atoms with E-state index < -0.39 is 0 Å². The third kappa shape index (κ3) is 4.54. The van der Waals surface area contributed by atoms with Crippen LogP contribution in [-0.4, -0.2) is 43.5 Å². The summed E-state index contributed by atoms with van der Waals surface area (Å²) in [5.41, 5.74) is 0. The number of methoxy groups -OCH3 is 1. The highest BCUT2D eigenvalue weighted by atomic mass is 32.1. The molecule has 1 aromatic rings. The number of nitrogens with one attached hydrogen (secondary N) is 1. The van der Waals surface area contributed by atoms with E-state index in [4.69, 9.17) is 4.74 Å². The molecule has 1 unspecified atom stereocenters. The van der Waals surface area contributed by atoms with E-state index in [0.717, 1.165) is 24.3 Å². The summed E-state index contributed by atoms with van der Waals surface area (Å²) in [5, 5.41) is 5.00. The van der Waals surface area contributed by atoms with Crippen molar-refractivity contribution in [3.63, 3.8) is 0 Å². The molecule has 0 spiro atoms. The van der Waals surface area contributed by atoms with E-state index >= 15 is 0 Å². The quantitative estimate of drug-likeness (QED) is 0.843. The minimum atomic E-state index is -0.174. The number of amides is 1. The highest BCUT2D eigenvalue weighted by Crippen LogP contribution is 2.19. The second kappa shape index (κ2) is 7.56. The molecule has 1 saturated heterocycles. The fraction of sp³-hybridized carbons (Fsp3) is 0.600. The number of ether oxygens (including phenoxy) is 1. The molecule has 116 valence electrons. The molecule has 0 bridgehead atoms. The molecule has 2 heterocycles.